The summed E-state index contributed by atoms with van der Waals surface area (Å²) in [6, 6.07) is 0.470. The van der Waals surface area contributed by atoms with Crippen molar-refractivity contribution in [2.45, 2.75) is 45.1 Å². The number of nitrogens with zero attached hydrogens (tertiary/aromatic N) is 3. The van der Waals surface area contributed by atoms with Crippen LogP contribution in [0.5, 0.6) is 0 Å². The van der Waals surface area contributed by atoms with Crippen LogP contribution in [0.1, 0.15) is 35.6 Å². The Morgan fingerprint density at radius 3 is 2.78 bits per heavy atom. The highest BCUT2D eigenvalue weighted by Crippen LogP contribution is 2.17. The van der Waals surface area contributed by atoms with Gasteiger partial charge in [0, 0.05) is 44.2 Å². The summed E-state index contributed by atoms with van der Waals surface area (Å²) in [5.74, 6) is 0.744. The van der Waals surface area contributed by atoms with E-state index in [9.17, 15) is 4.79 Å². The molecule has 1 fully saturated rings. The maximum absolute atomic E-state index is 11.7. The number of carbonyl (C=O) groups excluding carboxylic acids is 1. The van der Waals surface area contributed by atoms with Gasteiger partial charge in [-0.3, -0.25) is 4.79 Å². The minimum absolute atomic E-state index is 0.00747. The number of amides is 1. The van der Waals surface area contributed by atoms with Crippen LogP contribution in [0, 0.1) is 6.92 Å². The van der Waals surface area contributed by atoms with Crippen LogP contribution in [0.4, 0.5) is 0 Å². The Kier molecular flexibility index (Phi) is 6.83. The SMILES string of the molecule is Cc1cnc(CCNC(=NCC(=O)N(C)C)NC2CCCC2)s1. The number of thiazole rings is 1. The van der Waals surface area contributed by atoms with Crippen molar-refractivity contribution in [2.24, 2.45) is 4.99 Å². The summed E-state index contributed by atoms with van der Waals surface area (Å²) < 4.78 is 0. The minimum atomic E-state index is 0.00747. The zero-order chi connectivity index (χ0) is 16.7. The van der Waals surface area contributed by atoms with Gasteiger partial charge >= 0.3 is 0 Å². The molecule has 0 aliphatic heterocycles. The van der Waals surface area contributed by atoms with Gasteiger partial charge in [-0.05, 0) is 19.8 Å². The Morgan fingerprint density at radius 2 is 2.17 bits per heavy atom. The third kappa shape index (κ3) is 6.17. The number of hydrogen-bond donors (Lipinski definition) is 2. The van der Waals surface area contributed by atoms with E-state index in [1.165, 1.54) is 30.6 Å². The fourth-order valence-corrected chi connectivity index (χ4v) is 3.30. The average Bonchev–Trinajstić information content (AvgIpc) is 3.16. The summed E-state index contributed by atoms with van der Waals surface area (Å²) in [5, 5.41) is 7.91. The molecule has 0 spiro atoms. The lowest BCUT2D eigenvalue weighted by atomic mass is 10.2. The molecule has 6 nitrogen and oxygen atoms in total. The first-order valence-electron chi connectivity index (χ1n) is 8.21. The number of aromatic nitrogens is 1. The number of nitrogens with one attached hydrogen (secondary N) is 2. The molecule has 1 heterocycles. The van der Waals surface area contributed by atoms with E-state index in [2.05, 4.69) is 27.5 Å². The molecule has 0 aromatic carbocycles. The van der Waals surface area contributed by atoms with E-state index < -0.39 is 0 Å². The monoisotopic (exact) mass is 337 g/mol. The predicted octanol–water partition coefficient (Wildman–Crippen LogP) is 1.56. The molecule has 0 unspecified atom stereocenters. The zero-order valence-corrected chi connectivity index (χ0v) is 15.1. The Morgan fingerprint density at radius 1 is 1.43 bits per heavy atom. The lowest BCUT2D eigenvalue weighted by Gasteiger charge is -2.17. The molecule has 0 saturated heterocycles. The van der Waals surface area contributed by atoms with Crippen molar-refractivity contribution in [1.82, 2.24) is 20.5 Å². The first-order chi connectivity index (χ1) is 11.0. The Hall–Kier alpha value is -1.63. The van der Waals surface area contributed by atoms with E-state index in [0.717, 1.165) is 23.9 Å². The highest BCUT2D eigenvalue weighted by Gasteiger charge is 2.16. The minimum Gasteiger partial charge on any atom is -0.356 e. The average molecular weight is 337 g/mol. The second-order valence-electron chi connectivity index (χ2n) is 6.12. The first kappa shape index (κ1) is 17.7. The maximum atomic E-state index is 11.7. The van der Waals surface area contributed by atoms with E-state index in [-0.39, 0.29) is 12.5 Å². The fraction of sp³-hybridized carbons (Fsp3) is 0.688. The smallest absolute Gasteiger partial charge is 0.243 e. The molecule has 1 aliphatic rings. The molecule has 0 atom stereocenters. The van der Waals surface area contributed by atoms with Gasteiger partial charge in [0.1, 0.15) is 6.54 Å². The van der Waals surface area contributed by atoms with Crippen molar-refractivity contribution < 1.29 is 4.79 Å². The lowest BCUT2D eigenvalue weighted by Crippen LogP contribution is -2.43. The first-order valence-corrected chi connectivity index (χ1v) is 9.02. The normalized spacial score (nSPS) is 15.7. The molecule has 1 saturated carbocycles. The van der Waals surface area contributed by atoms with Crippen LogP contribution in [0.15, 0.2) is 11.2 Å². The van der Waals surface area contributed by atoms with Crippen LogP contribution in [0.2, 0.25) is 0 Å². The highest BCUT2D eigenvalue weighted by atomic mass is 32.1. The van der Waals surface area contributed by atoms with E-state index in [4.69, 9.17) is 0 Å². The Bertz CT molecular complexity index is 534. The molecule has 2 rings (SSSR count). The number of guanidine groups is 1. The van der Waals surface area contributed by atoms with Crippen LogP contribution in [-0.2, 0) is 11.2 Å². The van der Waals surface area contributed by atoms with Crippen LogP contribution < -0.4 is 10.6 Å². The predicted molar refractivity (Wildman–Crippen MR) is 94.9 cm³/mol. The van der Waals surface area contributed by atoms with E-state index >= 15 is 0 Å². The standard InChI is InChI=1S/C16H27N5OS/c1-12-10-18-14(23-12)8-9-17-16(19-11-15(22)21(2)3)20-13-6-4-5-7-13/h10,13H,4-9,11H2,1-3H3,(H2,17,19,20). The maximum Gasteiger partial charge on any atom is 0.243 e. The summed E-state index contributed by atoms with van der Waals surface area (Å²) in [5.41, 5.74) is 0. The number of rotatable bonds is 6. The molecule has 2 N–H and O–H groups in total. The molecule has 128 valence electrons. The van der Waals surface area contributed by atoms with E-state index in [0.29, 0.717) is 6.04 Å². The topological polar surface area (TPSA) is 69.6 Å². The molecule has 1 amide bonds. The molecule has 0 radical (unpaired) electrons. The van der Waals surface area contributed by atoms with Crippen molar-refractivity contribution in [3.05, 3.63) is 16.1 Å². The molecule has 7 heteroatoms. The van der Waals surface area contributed by atoms with Gasteiger partial charge in [-0.25, -0.2) is 9.98 Å². The highest BCUT2D eigenvalue weighted by molar-refractivity contribution is 7.11. The van der Waals surface area contributed by atoms with Crippen molar-refractivity contribution in [2.75, 3.05) is 27.2 Å². The van der Waals surface area contributed by atoms with E-state index in [1.54, 1.807) is 30.3 Å². The fourth-order valence-electron chi connectivity index (χ4n) is 2.51. The van der Waals surface area contributed by atoms with Gasteiger partial charge in [-0.2, -0.15) is 0 Å². The summed E-state index contributed by atoms with van der Waals surface area (Å²) in [4.78, 5) is 23.3. The lowest BCUT2D eigenvalue weighted by molar-refractivity contribution is -0.127. The molecule has 0 bridgehead atoms. The van der Waals surface area contributed by atoms with Crippen molar-refractivity contribution >= 4 is 23.2 Å². The number of hydrogen-bond acceptors (Lipinski definition) is 4. The van der Waals surface area contributed by atoms with Crippen LogP contribution in [0.25, 0.3) is 0 Å². The molecule has 1 aliphatic carbocycles. The summed E-state index contributed by atoms with van der Waals surface area (Å²) in [6.45, 7) is 3.00. The second-order valence-corrected chi connectivity index (χ2v) is 7.44. The van der Waals surface area contributed by atoms with Gasteiger partial charge in [0.25, 0.3) is 0 Å². The Balaban J connectivity index is 1.86. The largest absolute Gasteiger partial charge is 0.356 e. The summed E-state index contributed by atoms with van der Waals surface area (Å²) in [6.07, 6.45) is 7.65. The quantitative estimate of drug-likeness (QED) is 0.610. The Labute approximate surface area is 142 Å². The van der Waals surface area contributed by atoms with E-state index in [1.807, 2.05) is 6.20 Å². The molecule has 23 heavy (non-hydrogen) atoms. The molecular weight excluding hydrogens is 310 g/mol. The zero-order valence-electron chi connectivity index (χ0n) is 14.3. The molecule has 1 aromatic heterocycles. The summed E-state index contributed by atoms with van der Waals surface area (Å²) >= 11 is 1.72. The molecule has 1 aromatic rings. The number of likely N-dealkylation sites (N-methyl/N-ethyl adjacent to an activating group) is 1. The number of aryl methyl sites for hydroxylation is 1. The number of carbonyl (C=O) groups is 1. The van der Waals surface area contributed by atoms with Gasteiger partial charge in [0.15, 0.2) is 5.96 Å². The molecular formula is C16H27N5OS. The van der Waals surface area contributed by atoms with Crippen LogP contribution in [0.3, 0.4) is 0 Å². The number of aliphatic imine (C=N–C) groups is 1. The van der Waals surface area contributed by atoms with Gasteiger partial charge in [0.2, 0.25) is 5.91 Å². The van der Waals surface area contributed by atoms with Gasteiger partial charge in [-0.15, -0.1) is 11.3 Å². The van der Waals surface area contributed by atoms with Gasteiger partial charge < -0.3 is 15.5 Å². The van der Waals surface area contributed by atoms with Crippen molar-refractivity contribution in [3.8, 4) is 0 Å². The van der Waals surface area contributed by atoms with Crippen LogP contribution in [-0.4, -0.2) is 55.0 Å². The third-order valence-electron chi connectivity index (χ3n) is 3.87. The summed E-state index contributed by atoms with van der Waals surface area (Å²) in [7, 11) is 3.50. The van der Waals surface area contributed by atoms with Crippen molar-refractivity contribution in [3.63, 3.8) is 0 Å². The van der Waals surface area contributed by atoms with Crippen molar-refractivity contribution in [1.29, 1.82) is 0 Å². The second kappa shape index (κ2) is 8.86. The van der Waals surface area contributed by atoms with Crippen LogP contribution >= 0.6 is 11.3 Å². The van der Waals surface area contributed by atoms with Gasteiger partial charge in [0.05, 0.1) is 5.01 Å². The van der Waals surface area contributed by atoms with Gasteiger partial charge in [-0.1, -0.05) is 12.8 Å². The third-order valence-corrected chi connectivity index (χ3v) is 4.84.